The van der Waals surface area contributed by atoms with Gasteiger partial charge in [0.05, 0.1) is 12.8 Å². The molecule has 2 aromatic rings. The Kier molecular flexibility index (Phi) is 4.85. The highest BCUT2D eigenvalue weighted by molar-refractivity contribution is 5.94. The smallest absolute Gasteiger partial charge is 0.274 e. The first-order valence-electron chi connectivity index (χ1n) is 9.70. The first-order chi connectivity index (χ1) is 12.6. The van der Waals surface area contributed by atoms with Crippen LogP contribution in [0.1, 0.15) is 53.2 Å². The Morgan fingerprint density at radius 3 is 2.88 bits per heavy atom. The predicted octanol–water partition coefficient (Wildman–Crippen LogP) is 2.63. The van der Waals surface area contributed by atoms with E-state index in [0.717, 1.165) is 63.1 Å². The molecular weight excluding hydrogens is 328 g/mol. The second kappa shape index (κ2) is 7.27. The number of fused-ring (bicyclic) bond motifs is 1. The fraction of sp³-hybridized carbons (Fsp3) is 0.600. The molecule has 4 rings (SSSR count). The lowest BCUT2D eigenvalue weighted by atomic mass is 9.90. The Hall–Kier alpha value is -2.08. The summed E-state index contributed by atoms with van der Waals surface area (Å²) in [7, 11) is 4.11. The molecule has 2 aliphatic rings. The van der Waals surface area contributed by atoms with Crippen molar-refractivity contribution in [3.8, 4) is 0 Å². The van der Waals surface area contributed by atoms with Gasteiger partial charge < -0.3 is 9.32 Å². The molecule has 1 saturated heterocycles. The highest BCUT2D eigenvalue weighted by Gasteiger charge is 2.32. The lowest BCUT2D eigenvalue weighted by Gasteiger charge is -2.31. The number of aromatic nitrogens is 2. The molecule has 1 fully saturated rings. The largest absolute Gasteiger partial charge is 0.468 e. The molecule has 0 bridgehead atoms. The molecule has 1 atom stereocenters. The van der Waals surface area contributed by atoms with E-state index in [1.165, 1.54) is 12.1 Å². The number of aryl methyl sites for hydroxylation is 1. The Morgan fingerprint density at radius 1 is 1.35 bits per heavy atom. The van der Waals surface area contributed by atoms with Crippen LogP contribution in [0, 0.1) is 0 Å². The number of piperidine rings is 1. The monoisotopic (exact) mass is 356 g/mol. The zero-order chi connectivity index (χ0) is 18.1. The fourth-order valence-corrected chi connectivity index (χ4v) is 4.34. The standard InChI is InChI=1S/C20H28N4O2/c1-22(14-16-7-6-12-26-16)15-8-9-18-17(13-15)19(21-23(18)2)20(25)24-10-4-3-5-11-24/h6-7,12,15H,3-5,8-11,13-14H2,1-2H3/t15-/m1/s1. The summed E-state index contributed by atoms with van der Waals surface area (Å²) in [6, 6.07) is 4.35. The van der Waals surface area contributed by atoms with Gasteiger partial charge in [-0.1, -0.05) is 0 Å². The van der Waals surface area contributed by atoms with Crippen molar-refractivity contribution >= 4 is 5.91 Å². The minimum Gasteiger partial charge on any atom is -0.468 e. The molecule has 6 heteroatoms. The lowest BCUT2D eigenvalue weighted by Crippen LogP contribution is -2.38. The van der Waals surface area contributed by atoms with E-state index >= 15 is 0 Å². The number of amides is 1. The molecule has 26 heavy (non-hydrogen) atoms. The van der Waals surface area contributed by atoms with Gasteiger partial charge in [-0.3, -0.25) is 14.4 Å². The van der Waals surface area contributed by atoms with Gasteiger partial charge in [0.1, 0.15) is 5.76 Å². The van der Waals surface area contributed by atoms with E-state index in [9.17, 15) is 4.79 Å². The summed E-state index contributed by atoms with van der Waals surface area (Å²) in [5.41, 5.74) is 3.07. The van der Waals surface area contributed by atoms with Gasteiger partial charge in [-0.15, -0.1) is 0 Å². The summed E-state index contributed by atoms with van der Waals surface area (Å²) < 4.78 is 7.42. The highest BCUT2D eigenvalue weighted by Crippen LogP contribution is 2.28. The number of carbonyl (C=O) groups excluding carboxylic acids is 1. The number of hydrogen-bond donors (Lipinski definition) is 0. The van der Waals surface area contributed by atoms with E-state index < -0.39 is 0 Å². The van der Waals surface area contributed by atoms with Crippen molar-refractivity contribution in [2.24, 2.45) is 7.05 Å². The van der Waals surface area contributed by atoms with Gasteiger partial charge in [0.2, 0.25) is 0 Å². The van der Waals surface area contributed by atoms with Crippen LogP contribution >= 0.6 is 0 Å². The normalized spacial score (nSPS) is 20.4. The molecule has 0 radical (unpaired) electrons. The molecule has 3 heterocycles. The minimum atomic E-state index is 0.121. The maximum absolute atomic E-state index is 13.0. The maximum Gasteiger partial charge on any atom is 0.274 e. The van der Waals surface area contributed by atoms with Gasteiger partial charge in [-0.25, -0.2) is 0 Å². The van der Waals surface area contributed by atoms with Crippen molar-refractivity contribution in [2.75, 3.05) is 20.1 Å². The van der Waals surface area contributed by atoms with Crippen LogP contribution in [0.4, 0.5) is 0 Å². The van der Waals surface area contributed by atoms with Crippen molar-refractivity contribution in [3.05, 3.63) is 41.1 Å². The fourth-order valence-electron chi connectivity index (χ4n) is 4.34. The predicted molar refractivity (Wildman–Crippen MR) is 99.0 cm³/mol. The second-order valence-electron chi connectivity index (χ2n) is 7.64. The van der Waals surface area contributed by atoms with E-state index in [1.807, 2.05) is 28.8 Å². The number of furan rings is 1. The molecule has 0 spiro atoms. The van der Waals surface area contributed by atoms with E-state index in [-0.39, 0.29) is 5.91 Å². The Morgan fingerprint density at radius 2 is 2.15 bits per heavy atom. The summed E-state index contributed by atoms with van der Waals surface area (Å²) >= 11 is 0. The average Bonchev–Trinajstić information content (AvgIpc) is 3.29. The van der Waals surface area contributed by atoms with Gasteiger partial charge in [-0.2, -0.15) is 5.10 Å². The molecule has 0 aromatic carbocycles. The van der Waals surface area contributed by atoms with Crippen LogP contribution in [0.25, 0.3) is 0 Å². The zero-order valence-corrected chi connectivity index (χ0v) is 15.8. The van der Waals surface area contributed by atoms with E-state index in [0.29, 0.717) is 11.7 Å². The van der Waals surface area contributed by atoms with Crippen LogP contribution in [0.5, 0.6) is 0 Å². The summed E-state index contributed by atoms with van der Waals surface area (Å²) in [5, 5.41) is 4.63. The van der Waals surface area contributed by atoms with E-state index in [1.54, 1.807) is 6.26 Å². The molecule has 0 unspecified atom stereocenters. The topological polar surface area (TPSA) is 54.5 Å². The molecule has 1 aliphatic heterocycles. The lowest BCUT2D eigenvalue weighted by molar-refractivity contribution is 0.0715. The second-order valence-corrected chi connectivity index (χ2v) is 7.64. The van der Waals surface area contributed by atoms with Gasteiger partial charge in [-0.05, 0) is 57.7 Å². The number of nitrogens with zero attached hydrogens (tertiary/aromatic N) is 4. The summed E-state index contributed by atoms with van der Waals surface area (Å²) in [4.78, 5) is 17.4. The summed E-state index contributed by atoms with van der Waals surface area (Å²) in [5.74, 6) is 1.10. The van der Waals surface area contributed by atoms with Crippen molar-refractivity contribution in [2.45, 2.75) is 51.1 Å². The molecule has 0 N–H and O–H groups in total. The molecule has 2 aromatic heterocycles. The van der Waals surface area contributed by atoms with E-state index in [4.69, 9.17) is 4.42 Å². The summed E-state index contributed by atoms with van der Waals surface area (Å²) in [6.07, 6.45) is 8.10. The Balaban J connectivity index is 1.52. The highest BCUT2D eigenvalue weighted by atomic mass is 16.3. The van der Waals surface area contributed by atoms with Crippen LogP contribution in [0.2, 0.25) is 0 Å². The van der Waals surface area contributed by atoms with E-state index in [2.05, 4.69) is 17.0 Å². The number of hydrogen-bond acceptors (Lipinski definition) is 4. The Labute approximate surface area is 154 Å². The first-order valence-corrected chi connectivity index (χ1v) is 9.70. The van der Waals surface area contributed by atoms with Crippen LogP contribution in [0.15, 0.2) is 22.8 Å². The van der Waals surface area contributed by atoms with Crippen LogP contribution in [-0.4, -0.2) is 51.7 Å². The van der Waals surface area contributed by atoms with Gasteiger partial charge in [0.15, 0.2) is 5.69 Å². The Bertz CT molecular complexity index is 759. The number of likely N-dealkylation sites (tertiary alicyclic amines) is 1. The molecule has 1 aliphatic carbocycles. The van der Waals surface area contributed by atoms with Crippen molar-refractivity contribution in [3.63, 3.8) is 0 Å². The number of carbonyl (C=O) groups is 1. The first kappa shape index (κ1) is 17.3. The van der Waals surface area contributed by atoms with Gasteiger partial charge >= 0.3 is 0 Å². The molecular formula is C20H28N4O2. The van der Waals surface area contributed by atoms with Gasteiger partial charge in [0, 0.05) is 37.4 Å². The molecule has 140 valence electrons. The zero-order valence-electron chi connectivity index (χ0n) is 15.8. The van der Waals surface area contributed by atoms with Crippen LogP contribution < -0.4 is 0 Å². The molecule has 6 nitrogen and oxygen atoms in total. The van der Waals surface area contributed by atoms with Crippen molar-refractivity contribution in [1.29, 1.82) is 0 Å². The average molecular weight is 356 g/mol. The third-order valence-corrected chi connectivity index (χ3v) is 5.88. The third-order valence-electron chi connectivity index (χ3n) is 5.88. The number of likely N-dealkylation sites (N-methyl/N-ethyl adjacent to an activating group) is 1. The minimum absolute atomic E-state index is 0.121. The number of rotatable bonds is 4. The maximum atomic E-state index is 13.0. The quantitative estimate of drug-likeness (QED) is 0.845. The van der Waals surface area contributed by atoms with Gasteiger partial charge in [0.25, 0.3) is 5.91 Å². The summed E-state index contributed by atoms with van der Waals surface area (Å²) in [6.45, 7) is 2.53. The van der Waals surface area contributed by atoms with Crippen LogP contribution in [0.3, 0.4) is 0 Å². The molecule has 1 amide bonds. The van der Waals surface area contributed by atoms with Crippen LogP contribution in [-0.2, 0) is 26.4 Å². The SMILES string of the molecule is CN(Cc1ccco1)[C@@H]1CCc2c(c(C(=O)N3CCCCC3)nn2C)C1. The van der Waals surface area contributed by atoms with Crippen molar-refractivity contribution < 1.29 is 9.21 Å². The van der Waals surface area contributed by atoms with Crippen molar-refractivity contribution in [1.82, 2.24) is 19.6 Å². The molecule has 0 saturated carbocycles. The third kappa shape index (κ3) is 3.30.